The third-order valence-corrected chi connectivity index (χ3v) is 4.87. The Hall–Kier alpha value is -2.14. The number of carbonyl (C=O) groups excluding carboxylic acids is 2. The summed E-state index contributed by atoms with van der Waals surface area (Å²) in [7, 11) is 0. The second-order valence-electron chi connectivity index (χ2n) is 5.67. The summed E-state index contributed by atoms with van der Waals surface area (Å²) in [6, 6.07) is 6.06. The van der Waals surface area contributed by atoms with E-state index < -0.39 is 5.97 Å². The minimum absolute atomic E-state index is 0.199. The number of rotatable bonds is 4. The predicted octanol–water partition coefficient (Wildman–Crippen LogP) is 4.30. The number of benzene rings is 1. The Bertz CT molecular complexity index is 762. The zero-order valence-electron chi connectivity index (χ0n) is 14.1. The standard InChI is InChI=1S/C18H21NO3S/c1-10-6-7-11(2)15(8-10)9-22-18(21)16-12(3)13(4)23-17(16)19-14(5)20/h6-8H,9H2,1-5H3,(H,19,20). The number of nitrogens with one attached hydrogen (secondary N) is 1. The van der Waals surface area contributed by atoms with Gasteiger partial charge in [-0.2, -0.15) is 0 Å². The first-order valence-electron chi connectivity index (χ1n) is 7.40. The number of esters is 1. The second-order valence-corrected chi connectivity index (χ2v) is 6.90. The Balaban J connectivity index is 2.21. The zero-order chi connectivity index (χ0) is 17.1. The molecule has 2 aromatic rings. The minimum Gasteiger partial charge on any atom is -0.457 e. The van der Waals surface area contributed by atoms with E-state index in [1.54, 1.807) is 0 Å². The van der Waals surface area contributed by atoms with Gasteiger partial charge >= 0.3 is 5.97 Å². The molecule has 23 heavy (non-hydrogen) atoms. The van der Waals surface area contributed by atoms with Crippen LogP contribution in [0.5, 0.6) is 0 Å². The van der Waals surface area contributed by atoms with Crippen molar-refractivity contribution in [2.75, 3.05) is 5.32 Å². The second kappa shape index (κ2) is 6.96. The summed E-state index contributed by atoms with van der Waals surface area (Å²) in [5.41, 5.74) is 4.51. The Morgan fingerprint density at radius 3 is 2.52 bits per heavy atom. The highest BCUT2D eigenvalue weighted by atomic mass is 32.1. The van der Waals surface area contributed by atoms with Crippen molar-refractivity contribution in [1.29, 1.82) is 0 Å². The van der Waals surface area contributed by atoms with Crippen molar-refractivity contribution in [3.05, 3.63) is 50.9 Å². The number of carbonyl (C=O) groups is 2. The van der Waals surface area contributed by atoms with Crippen LogP contribution in [-0.2, 0) is 16.1 Å². The fourth-order valence-corrected chi connectivity index (χ4v) is 3.39. The summed E-state index contributed by atoms with van der Waals surface area (Å²) in [6.45, 7) is 9.44. The van der Waals surface area contributed by atoms with Crippen LogP contribution in [0.1, 0.15) is 44.4 Å². The van der Waals surface area contributed by atoms with Crippen LogP contribution < -0.4 is 5.32 Å². The highest BCUT2D eigenvalue weighted by molar-refractivity contribution is 7.16. The molecule has 0 aliphatic carbocycles. The molecule has 0 aliphatic rings. The summed E-state index contributed by atoms with van der Waals surface area (Å²) < 4.78 is 5.48. The van der Waals surface area contributed by atoms with Gasteiger partial charge in [0, 0.05) is 11.8 Å². The predicted molar refractivity (Wildman–Crippen MR) is 93.1 cm³/mol. The molecule has 0 atom stereocenters. The first-order valence-corrected chi connectivity index (χ1v) is 8.22. The Morgan fingerprint density at radius 2 is 1.87 bits per heavy atom. The lowest BCUT2D eigenvalue weighted by atomic mass is 10.1. The summed E-state index contributed by atoms with van der Waals surface area (Å²) in [5, 5.41) is 3.27. The van der Waals surface area contributed by atoms with Gasteiger partial charge in [-0.05, 0) is 44.4 Å². The largest absolute Gasteiger partial charge is 0.457 e. The average Bonchev–Trinajstić information content (AvgIpc) is 2.73. The summed E-state index contributed by atoms with van der Waals surface area (Å²) in [4.78, 5) is 24.8. The molecular weight excluding hydrogens is 310 g/mol. The van der Waals surface area contributed by atoms with Crippen LogP contribution in [0.4, 0.5) is 5.00 Å². The normalized spacial score (nSPS) is 10.5. The number of ether oxygens (including phenoxy) is 1. The molecule has 0 aliphatic heterocycles. The molecule has 1 aromatic carbocycles. The van der Waals surface area contributed by atoms with Crippen LogP contribution in [-0.4, -0.2) is 11.9 Å². The molecule has 2 rings (SSSR count). The van der Waals surface area contributed by atoms with E-state index in [4.69, 9.17) is 4.74 Å². The van der Waals surface area contributed by atoms with E-state index in [9.17, 15) is 9.59 Å². The van der Waals surface area contributed by atoms with E-state index in [1.165, 1.54) is 18.3 Å². The van der Waals surface area contributed by atoms with Crippen LogP contribution in [0.15, 0.2) is 18.2 Å². The van der Waals surface area contributed by atoms with E-state index in [1.807, 2.05) is 45.9 Å². The minimum atomic E-state index is -0.406. The van der Waals surface area contributed by atoms with Crippen LogP contribution in [0, 0.1) is 27.7 Å². The third-order valence-electron chi connectivity index (χ3n) is 3.74. The van der Waals surface area contributed by atoms with Gasteiger partial charge in [-0.3, -0.25) is 4.79 Å². The molecule has 1 N–H and O–H groups in total. The Labute approximate surface area is 140 Å². The van der Waals surface area contributed by atoms with E-state index in [2.05, 4.69) is 5.32 Å². The first-order chi connectivity index (χ1) is 10.8. The Kier molecular flexibility index (Phi) is 5.21. The monoisotopic (exact) mass is 331 g/mol. The fraction of sp³-hybridized carbons (Fsp3) is 0.333. The molecule has 0 radical (unpaired) electrons. The quantitative estimate of drug-likeness (QED) is 0.850. The van der Waals surface area contributed by atoms with Gasteiger partial charge in [0.05, 0.1) is 5.56 Å². The zero-order valence-corrected chi connectivity index (χ0v) is 14.9. The SMILES string of the molecule is CC(=O)Nc1sc(C)c(C)c1C(=O)OCc1cc(C)ccc1C. The van der Waals surface area contributed by atoms with Gasteiger partial charge in [-0.15, -0.1) is 11.3 Å². The van der Waals surface area contributed by atoms with Gasteiger partial charge < -0.3 is 10.1 Å². The van der Waals surface area contributed by atoms with Gasteiger partial charge in [0.1, 0.15) is 11.6 Å². The maximum absolute atomic E-state index is 12.5. The highest BCUT2D eigenvalue weighted by Crippen LogP contribution is 2.33. The number of anilines is 1. The van der Waals surface area contributed by atoms with Gasteiger partial charge in [0.25, 0.3) is 0 Å². The summed E-state index contributed by atoms with van der Waals surface area (Å²) >= 11 is 1.39. The van der Waals surface area contributed by atoms with Gasteiger partial charge in [0.2, 0.25) is 5.91 Å². The average molecular weight is 331 g/mol. The van der Waals surface area contributed by atoms with Crippen molar-refractivity contribution in [2.45, 2.75) is 41.2 Å². The topological polar surface area (TPSA) is 55.4 Å². The lowest BCUT2D eigenvalue weighted by molar-refractivity contribution is -0.114. The summed E-state index contributed by atoms with van der Waals surface area (Å²) in [5.74, 6) is -0.605. The molecule has 0 saturated carbocycles. The van der Waals surface area contributed by atoms with Crippen molar-refractivity contribution < 1.29 is 14.3 Å². The van der Waals surface area contributed by atoms with Gasteiger partial charge in [-0.1, -0.05) is 23.8 Å². The van der Waals surface area contributed by atoms with Crippen molar-refractivity contribution in [3.8, 4) is 0 Å². The number of hydrogen-bond acceptors (Lipinski definition) is 4. The molecule has 0 spiro atoms. The first kappa shape index (κ1) is 17.2. The maximum atomic E-state index is 12.5. The molecule has 1 aromatic heterocycles. The molecule has 1 amide bonds. The summed E-state index contributed by atoms with van der Waals surface area (Å²) in [6.07, 6.45) is 0. The third kappa shape index (κ3) is 3.99. The van der Waals surface area contributed by atoms with Crippen molar-refractivity contribution in [1.82, 2.24) is 0 Å². The molecule has 0 fully saturated rings. The van der Waals surface area contributed by atoms with Crippen LogP contribution >= 0.6 is 11.3 Å². The number of thiophene rings is 1. The molecule has 0 saturated heterocycles. The van der Waals surface area contributed by atoms with Crippen LogP contribution in [0.2, 0.25) is 0 Å². The molecule has 0 bridgehead atoms. The van der Waals surface area contributed by atoms with E-state index in [0.29, 0.717) is 10.6 Å². The molecule has 122 valence electrons. The van der Waals surface area contributed by atoms with Crippen LogP contribution in [0.3, 0.4) is 0 Å². The fourth-order valence-electron chi connectivity index (χ4n) is 2.29. The smallest absolute Gasteiger partial charge is 0.341 e. The molecule has 1 heterocycles. The van der Waals surface area contributed by atoms with Crippen molar-refractivity contribution in [2.24, 2.45) is 0 Å². The lowest BCUT2D eigenvalue weighted by Gasteiger charge is -2.10. The van der Waals surface area contributed by atoms with E-state index in [-0.39, 0.29) is 12.5 Å². The van der Waals surface area contributed by atoms with E-state index >= 15 is 0 Å². The molecule has 5 heteroatoms. The number of amides is 1. The highest BCUT2D eigenvalue weighted by Gasteiger charge is 2.21. The molecule has 4 nitrogen and oxygen atoms in total. The van der Waals surface area contributed by atoms with Crippen molar-refractivity contribution in [3.63, 3.8) is 0 Å². The Morgan fingerprint density at radius 1 is 1.17 bits per heavy atom. The van der Waals surface area contributed by atoms with E-state index in [0.717, 1.165) is 27.1 Å². The number of aryl methyl sites for hydroxylation is 3. The number of hydrogen-bond donors (Lipinski definition) is 1. The molecular formula is C18H21NO3S. The maximum Gasteiger partial charge on any atom is 0.341 e. The van der Waals surface area contributed by atoms with Gasteiger partial charge in [0.15, 0.2) is 0 Å². The van der Waals surface area contributed by atoms with Crippen LogP contribution in [0.25, 0.3) is 0 Å². The molecule has 0 unspecified atom stereocenters. The lowest BCUT2D eigenvalue weighted by Crippen LogP contribution is -2.12. The van der Waals surface area contributed by atoms with Crippen molar-refractivity contribution >= 4 is 28.2 Å². The van der Waals surface area contributed by atoms with Gasteiger partial charge in [-0.25, -0.2) is 4.79 Å².